The molecule has 3 rings (SSSR count). The first-order valence-electron chi connectivity index (χ1n) is 7.43. The fraction of sp³-hybridized carbons (Fsp3) is 0.312. The predicted octanol–water partition coefficient (Wildman–Crippen LogP) is 1.60. The normalized spacial score (nSPS) is 15.0. The van der Waals surface area contributed by atoms with Crippen LogP contribution in [0.5, 0.6) is 5.88 Å². The summed E-state index contributed by atoms with van der Waals surface area (Å²) >= 11 is 0. The summed E-state index contributed by atoms with van der Waals surface area (Å²) in [5, 5.41) is 6.52. The Bertz CT molecular complexity index is 747. The lowest BCUT2D eigenvalue weighted by Gasteiger charge is -2.19. The van der Waals surface area contributed by atoms with E-state index in [0.717, 1.165) is 17.3 Å². The second-order valence-corrected chi connectivity index (χ2v) is 5.32. The van der Waals surface area contributed by atoms with Gasteiger partial charge in [0.2, 0.25) is 11.8 Å². The maximum absolute atomic E-state index is 12.3. The number of pyridine rings is 1. The van der Waals surface area contributed by atoms with Crippen LogP contribution in [0.3, 0.4) is 0 Å². The monoisotopic (exact) mass is 314 g/mol. The zero-order chi connectivity index (χ0) is 16.2. The Balaban J connectivity index is 1.77. The number of carbonyl (C=O) groups excluding carboxylic acids is 2. The van der Waals surface area contributed by atoms with Crippen molar-refractivity contribution in [3.8, 4) is 5.88 Å². The first-order valence-corrected chi connectivity index (χ1v) is 7.43. The zero-order valence-electron chi connectivity index (χ0n) is 12.8. The molecular weight excluding hydrogens is 296 g/mol. The van der Waals surface area contributed by atoms with Gasteiger partial charge >= 0.3 is 6.03 Å². The number of carbonyl (C=O) groups is 2. The van der Waals surface area contributed by atoms with Gasteiger partial charge < -0.3 is 20.3 Å². The van der Waals surface area contributed by atoms with E-state index >= 15 is 0 Å². The Morgan fingerprint density at radius 1 is 1.35 bits per heavy atom. The molecule has 1 aromatic heterocycles. The Hall–Kier alpha value is -2.83. The van der Waals surface area contributed by atoms with E-state index in [1.54, 1.807) is 19.2 Å². The van der Waals surface area contributed by atoms with Gasteiger partial charge in [0.05, 0.1) is 12.6 Å². The summed E-state index contributed by atoms with van der Waals surface area (Å²) in [6.07, 6.45) is 0.746. The lowest BCUT2D eigenvalue weighted by Crippen LogP contribution is -2.39. The van der Waals surface area contributed by atoms with E-state index in [1.807, 2.05) is 18.2 Å². The summed E-state index contributed by atoms with van der Waals surface area (Å²) in [6, 6.07) is 8.89. The van der Waals surface area contributed by atoms with Gasteiger partial charge in [0.1, 0.15) is 6.54 Å². The number of amides is 3. The molecule has 0 spiro atoms. The molecule has 0 atom stereocenters. The van der Waals surface area contributed by atoms with Gasteiger partial charge in [-0.05, 0) is 24.6 Å². The number of anilines is 1. The molecular formula is C16H18N4O3. The Labute approximate surface area is 133 Å². The summed E-state index contributed by atoms with van der Waals surface area (Å²) in [5.41, 5.74) is 1.36. The maximum Gasteiger partial charge on any atom is 0.322 e. The van der Waals surface area contributed by atoms with Crippen LogP contribution in [0.25, 0.3) is 10.9 Å². The molecule has 7 heteroatoms. The second kappa shape index (κ2) is 6.51. The third-order valence-electron chi connectivity index (χ3n) is 3.68. The molecule has 7 nitrogen and oxygen atoms in total. The number of aromatic nitrogens is 1. The minimum Gasteiger partial charge on any atom is -0.481 e. The van der Waals surface area contributed by atoms with Gasteiger partial charge in [-0.25, -0.2) is 9.78 Å². The van der Waals surface area contributed by atoms with Crippen LogP contribution in [-0.4, -0.2) is 48.6 Å². The Morgan fingerprint density at radius 2 is 2.17 bits per heavy atom. The first-order chi connectivity index (χ1) is 11.2. The average molecular weight is 314 g/mol. The van der Waals surface area contributed by atoms with Crippen molar-refractivity contribution in [2.75, 3.05) is 32.1 Å². The molecule has 3 amide bonds. The number of hydrogen-bond acceptors (Lipinski definition) is 4. The molecule has 2 N–H and O–H groups in total. The summed E-state index contributed by atoms with van der Waals surface area (Å²) in [4.78, 5) is 29.7. The third kappa shape index (κ3) is 3.50. The SMILES string of the molecule is COc1ccc2ccc(NC(=O)N3CCCNC(=O)C3)cc2n1. The van der Waals surface area contributed by atoms with Crippen molar-refractivity contribution in [3.63, 3.8) is 0 Å². The number of methoxy groups -OCH3 is 1. The van der Waals surface area contributed by atoms with E-state index in [-0.39, 0.29) is 18.5 Å². The summed E-state index contributed by atoms with van der Waals surface area (Å²) in [6.45, 7) is 1.22. The number of benzene rings is 1. The molecule has 1 fully saturated rings. The van der Waals surface area contributed by atoms with Crippen LogP contribution in [-0.2, 0) is 4.79 Å². The summed E-state index contributed by atoms with van der Waals surface area (Å²) in [5.74, 6) is 0.382. The van der Waals surface area contributed by atoms with Crippen LogP contribution in [0.1, 0.15) is 6.42 Å². The Morgan fingerprint density at radius 3 is 3.00 bits per heavy atom. The molecule has 1 aliphatic heterocycles. The van der Waals surface area contributed by atoms with Crippen molar-refractivity contribution < 1.29 is 14.3 Å². The molecule has 2 heterocycles. The van der Waals surface area contributed by atoms with Crippen LogP contribution < -0.4 is 15.4 Å². The van der Waals surface area contributed by atoms with Gasteiger partial charge in [0.15, 0.2) is 0 Å². The zero-order valence-corrected chi connectivity index (χ0v) is 12.8. The number of fused-ring (bicyclic) bond motifs is 1. The van der Waals surface area contributed by atoms with Crippen molar-refractivity contribution in [2.45, 2.75) is 6.42 Å². The van der Waals surface area contributed by atoms with Crippen LogP contribution in [0.4, 0.5) is 10.5 Å². The van der Waals surface area contributed by atoms with Crippen molar-refractivity contribution in [3.05, 3.63) is 30.3 Å². The fourth-order valence-corrected chi connectivity index (χ4v) is 2.47. The van der Waals surface area contributed by atoms with Crippen molar-refractivity contribution in [1.82, 2.24) is 15.2 Å². The molecule has 1 aromatic carbocycles. The maximum atomic E-state index is 12.3. The van der Waals surface area contributed by atoms with Crippen LogP contribution in [0, 0.1) is 0 Å². The Kier molecular flexibility index (Phi) is 4.27. The third-order valence-corrected chi connectivity index (χ3v) is 3.68. The molecule has 120 valence electrons. The smallest absolute Gasteiger partial charge is 0.322 e. The molecule has 23 heavy (non-hydrogen) atoms. The molecule has 0 saturated carbocycles. The predicted molar refractivity (Wildman–Crippen MR) is 86.5 cm³/mol. The molecule has 0 radical (unpaired) electrons. The van der Waals surface area contributed by atoms with E-state index < -0.39 is 0 Å². The molecule has 2 aromatic rings. The highest BCUT2D eigenvalue weighted by molar-refractivity contribution is 5.94. The number of rotatable bonds is 2. The van der Waals surface area contributed by atoms with Crippen molar-refractivity contribution in [1.29, 1.82) is 0 Å². The average Bonchev–Trinajstić information content (AvgIpc) is 2.78. The van der Waals surface area contributed by atoms with Crippen molar-refractivity contribution in [2.24, 2.45) is 0 Å². The van der Waals surface area contributed by atoms with E-state index in [0.29, 0.717) is 24.7 Å². The summed E-state index contributed by atoms with van der Waals surface area (Å²) in [7, 11) is 1.56. The number of ether oxygens (including phenoxy) is 1. The quantitative estimate of drug-likeness (QED) is 0.882. The van der Waals surface area contributed by atoms with Crippen LogP contribution in [0.15, 0.2) is 30.3 Å². The highest BCUT2D eigenvalue weighted by Gasteiger charge is 2.19. The minimum atomic E-state index is -0.288. The highest BCUT2D eigenvalue weighted by Crippen LogP contribution is 2.20. The minimum absolute atomic E-state index is 0.0749. The van der Waals surface area contributed by atoms with E-state index in [2.05, 4.69) is 15.6 Å². The highest BCUT2D eigenvalue weighted by atomic mass is 16.5. The van der Waals surface area contributed by atoms with E-state index in [9.17, 15) is 9.59 Å². The van der Waals surface area contributed by atoms with Gasteiger partial charge in [-0.3, -0.25) is 4.79 Å². The first kappa shape index (κ1) is 15.1. The number of nitrogens with one attached hydrogen (secondary N) is 2. The van der Waals surface area contributed by atoms with Crippen LogP contribution in [0.2, 0.25) is 0 Å². The standard InChI is InChI=1S/C16H18N4O3/c1-23-15-6-4-11-3-5-12(9-13(11)19-15)18-16(22)20-8-2-7-17-14(21)10-20/h3-6,9H,2,7-8,10H2,1H3,(H,17,21)(H,18,22). The lowest BCUT2D eigenvalue weighted by molar-refractivity contribution is -0.120. The molecule has 1 aliphatic rings. The molecule has 1 saturated heterocycles. The van der Waals surface area contributed by atoms with E-state index in [4.69, 9.17) is 4.74 Å². The number of hydrogen-bond donors (Lipinski definition) is 2. The summed E-state index contributed by atoms with van der Waals surface area (Å²) < 4.78 is 5.11. The molecule has 0 unspecified atom stereocenters. The van der Waals surface area contributed by atoms with Gasteiger partial charge in [-0.15, -0.1) is 0 Å². The topological polar surface area (TPSA) is 83.6 Å². The van der Waals surface area contributed by atoms with Gasteiger partial charge in [0, 0.05) is 30.2 Å². The van der Waals surface area contributed by atoms with Gasteiger partial charge in [-0.2, -0.15) is 0 Å². The number of nitrogens with zero attached hydrogens (tertiary/aromatic N) is 2. The van der Waals surface area contributed by atoms with Crippen molar-refractivity contribution >= 4 is 28.5 Å². The largest absolute Gasteiger partial charge is 0.481 e. The molecule has 0 bridgehead atoms. The van der Waals surface area contributed by atoms with E-state index in [1.165, 1.54) is 4.90 Å². The number of urea groups is 1. The van der Waals surface area contributed by atoms with Gasteiger partial charge in [-0.1, -0.05) is 6.07 Å². The second-order valence-electron chi connectivity index (χ2n) is 5.32. The molecule has 0 aliphatic carbocycles. The van der Waals surface area contributed by atoms with Crippen LogP contribution >= 0.6 is 0 Å². The van der Waals surface area contributed by atoms with Gasteiger partial charge in [0.25, 0.3) is 0 Å². The lowest BCUT2D eigenvalue weighted by atomic mass is 10.2. The fourth-order valence-electron chi connectivity index (χ4n) is 2.47.